The third kappa shape index (κ3) is 9.60. The molecular weight excluding hydrogens is 842 g/mol. The SMILES string of the molecule is C=CCO[C@@]12Oc3ccc(OCc4ccccc4F)cc3[C@H]3[C@H](CCCCO)[C@@H](CCCCO)C=C(C(=NOCc4ccc([N+](=O)[O-])cc4)C[C@@H]1N(C)C(=O)c1ccc4ccccc4c1)[C@H]32. The first-order valence-corrected chi connectivity index (χ1v) is 22.7. The molecule has 0 aromatic heterocycles. The molecule has 1 fully saturated rings. The Hall–Kier alpha value is -6.41. The minimum atomic E-state index is -1.48. The van der Waals surface area contributed by atoms with Gasteiger partial charge >= 0.3 is 0 Å². The van der Waals surface area contributed by atoms with Crippen LogP contribution in [-0.2, 0) is 22.8 Å². The minimum Gasteiger partial charge on any atom is -0.489 e. The molecule has 1 heterocycles. The van der Waals surface area contributed by atoms with Gasteiger partial charge in [0.1, 0.15) is 36.6 Å². The molecule has 0 bridgehead atoms. The summed E-state index contributed by atoms with van der Waals surface area (Å²) in [4.78, 5) is 33.7. The van der Waals surface area contributed by atoms with Crippen molar-refractivity contribution in [3.63, 3.8) is 0 Å². The summed E-state index contributed by atoms with van der Waals surface area (Å²) in [6, 6.07) is 31.0. The summed E-state index contributed by atoms with van der Waals surface area (Å²) in [5.74, 6) is -1.90. The first-order chi connectivity index (χ1) is 32.1. The second-order valence-corrected chi connectivity index (χ2v) is 17.3. The number of amides is 1. The second kappa shape index (κ2) is 20.8. The number of nitro groups is 1. The van der Waals surface area contributed by atoms with Gasteiger partial charge in [0.05, 0.1) is 23.2 Å². The van der Waals surface area contributed by atoms with Crippen LogP contribution in [0.3, 0.4) is 0 Å². The maximum Gasteiger partial charge on any atom is 0.269 e. The van der Waals surface area contributed by atoms with Crippen LogP contribution in [0, 0.1) is 33.7 Å². The Morgan fingerprint density at radius 2 is 1.68 bits per heavy atom. The van der Waals surface area contributed by atoms with Crippen LogP contribution in [0.25, 0.3) is 10.8 Å². The molecule has 3 aliphatic rings. The quantitative estimate of drug-likeness (QED) is 0.0336. The molecule has 13 heteroatoms. The average Bonchev–Trinajstić information content (AvgIpc) is 3.33. The lowest BCUT2D eigenvalue weighted by Crippen LogP contribution is -2.69. The number of non-ortho nitro benzene ring substituents is 1. The molecule has 0 spiro atoms. The highest BCUT2D eigenvalue weighted by Crippen LogP contribution is 2.62. The largest absolute Gasteiger partial charge is 0.489 e. The van der Waals surface area contributed by atoms with Crippen LogP contribution >= 0.6 is 0 Å². The van der Waals surface area contributed by atoms with Crippen LogP contribution in [-0.4, -0.2) is 70.4 Å². The highest BCUT2D eigenvalue weighted by Gasteiger charge is 2.65. The lowest BCUT2D eigenvalue weighted by Gasteiger charge is -2.59. The van der Waals surface area contributed by atoms with Crippen LogP contribution in [0.15, 0.2) is 139 Å². The normalized spacial score (nSPS) is 22.4. The number of carbonyl (C=O) groups is 1. The zero-order chi connectivity index (χ0) is 46.2. The van der Waals surface area contributed by atoms with Gasteiger partial charge in [-0.3, -0.25) is 14.9 Å². The van der Waals surface area contributed by atoms with Crippen LogP contribution < -0.4 is 9.47 Å². The molecule has 0 saturated heterocycles. The number of likely N-dealkylation sites (N-methyl/N-ethyl adjacent to an activating group) is 1. The molecule has 5 aromatic carbocycles. The summed E-state index contributed by atoms with van der Waals surface area (Å²) in [5.41, 5.74) is 3.88. The van der Waals surface area contributed by atoms with Gasteiger partial charge in [0.25, 0.3) is 11.6 Å². The molecule has 6 atom stereocenters. The first-order valence-electron chi connectivity index (χ1n) is 22.7. The van der Waals surface area contributed by atoms with Crippen molar-refractivity contribution in [2.75, 3.05) is 26.9 Å². The van der Waals surface area contributed by atoms with Crippen LogP contribution in [0.4, 0.5) is 10.1 Å². The number of nitro benzene ring substituents is 1. The van der Waals surface area contributed by atoms with E-state index in [2.05, 4.69) is 12.7 Å². The molecule has 66 heavy (non-hydrogen) atoms. The van der Waals surface area contributed by atoms with E-state index in [1.165, 1.54) is 18.2 Å². The van der Waals surface area contributed by atoms with Gasteiger partial charge in [0.15, 0.2) is 0 Å². The number of ether oxygens (including phenoxy) is 3. The Morgan fingerprint density at radius 1 is 0.939 bits per heavy atom. The topological polar surface area (TPSA) is 153 Å². The predicted molar refractivity (Wildman–Crippen MR) is 250 cm³/mol. The minimum absolute atomic E-state index is 0.00825. The third-order valence-corrected chi connectivity index (χ3v) is 13.3. The zero-order valence-corrected chi connectivity index (χ0v) is 37.1. The molecule has 0 unspecified atom stereocenters. The molecule has 0 radical (unpaired) electrons. The fourth-order valence-corrected chi connectivity index (χ4v) is 10.2. The van der Waals surface area contributed by atoms with Crippen LogP contribution in [0.5, 0.6) is 11.5 Å². The number of hydrogen-bond acceptors (Lipinski definition) is 10. The first kappa shape index (κ1) is 46.1. The number of aliphatic hydroxyl groups is 2. The molecule has 5 aromatic rings. The maximum absolute atomic E-state index is 14.9. The standard InChI is InChI=1S/C53H56FN3O9/c1-3-28-64-53-49(56(2)52(60)39-21-20-36-12-4-5-13-37(36)29-39)32-47(55-65-33-35-18-22-41(23-19-35)57(61)62)44-30-38(14-8-10-26-58)43(16-9-11-27-59)50(51(44)53)45-31-42(24-25-48(45)66-53)63-34-40-15-6-7-17-46(40)54/h3-7,12-13,15,17-25,29-31,38,43,49-51,58-59H,1,8-11,14,16,26-28,32-34H2,2H3/t38-,43+,49-,50+,51+,53+/m0/s1. The van der Waals surface area contributed by atoms with Crippen molar-refractivity contribution in [1.29, 1.82) is 0 Å². The number of fused-ring (bicyclic) bond motifs is 3. The molecule has 344 valence electrons. The number of unbranched alkanes of at least 4 members (excludes halogenated alkanes) is 2. The van der Waals surface area contributed by atoms with E-state index in [-0.39, 0.29) is 74.6 Å². The van der Waals surface area contributed by atoms with E-state index < -0.39 is 22.7 Å². The van der Waals surface area contributed by atoms with Gasteiger partial charge in [-0.15, -0.1) is 6.58 Å². The molecular formula is C53H56FN3O9. The third-order valence-electron chi connectivity index (χ3n) is 13.3. The number of aliphatic hydroxyl groups excluding tert-OH is 2. The summed E-state index contributed by atoms with van der Waals surface area (Å²) in [6.07, 6.45) is 8.36. The van der Waals surface area contributed by atoms with Gasteiger partial charge in [-0.25, -0.2) is 4.39 Å². The van der Waals surface area contributed by atoms with Gasteiger partial charge in [0, 0.05) is 61.4 Å². The number of rotatable bonds is 20. The molecule has 8 rings (SSSR count). The van der Waals surface area contributed by atoms with Crippen molar-refractivity contribution >= 4 is 28.1 Å². The molecule has 12 nitrogen and oxygen atoms in total. The number of carbonyl (C=O) groups excluding carboxylic acids is 1. The van der Waals surface area contributed by atoms with E-state index in [9.17, 15) is 29.5 Å². The van der Waals surface area contributed by atoms with E-state index >= 15 is 0 Å². The van der Waals surface area contributed by atoms with Crippen molar-refractivity contribution in [3.05, 3.63) is 172 Å². The highest BCUT2D eigenvalue weighted by molar-refractivity contribution is 6.04. The number of oxime groups is 1. The second-order valence-electron chi connectivity index (χ2n) is 17.3. The lowest BCUT2D eigenvalue weighted by atomic mass is 9.55. The molecule has 1 saturated carbocycles. The van der Waals surface area contributed by atoms with Gasteiger partial charge < -0.3 is 34.2 Å². The van der Waals surface area contributed by atoms with E-state index in [1.54, 1.807) is 54.4 Å². The molecule has 1 aliphatic heterocycles. The van der Waals surface area contributed by atoms with E-state index in [4.69, 9.17) is 24.2 Å². The van der Waals surface area contributed by atoms with Crippen molar-refractivity contribution in [3.8, 4) is 11.5 Å². The summed E-state index contributed by atoms with van der Waals surface area (Å²) in [5, 5.41) is 38.1. The Morgan fingerprint density at radius 3 is 2.42 bits per heavy atom. The Labute approximate surface area is 384 Å². The van der Waals surface area contributed by atoms with E-state index in [1.807, 2.05) is 54.6 Å². The molecule has 1 amide bonds. The van der Waals surface area contributed by atoms with Gasteiger partial charge in [-0.05, 0) is 108 Å². The van der Waals surface area contributed by atoms with E-state index in [0.29, 0.717) is 46.7 Å². The van der Waals surface area contributed by atoms with Crippen LogP contribution in [0.1, 0.15) is 77.9 Å². The fourth-order valence-electron chi connectivity index (χ4n) is 10.2. The van der Waals surface area contributed by atoms with E-state index in [0.717, 1.165) is 47.6 Å². The molecule has 2 N–H and O–H groups in total. The number of nitrogens with zero attached hydrogens (tertiary/aromatic N) is 3. The van der Waals surface area contributed by atoms with Crippen molar-refractivity contribution in [2.45, 2.75) is 75.9 Å². The smallest absolute Gasteiger partial charge is 0.269 e. The van der Waals surface area contributed by atoms with Gasteiger partial charge in [0.2, 0.25) is 5.79 Å². The summed E-state index contributed by atoms with van der Waals surface area (Å²) < 4.78 is 35.4. The predicted octanol–water partition coefficient (Wildman–Crippen LogP) is 10.1. The maximum atomic E-state index is 14.9. The number of allylic oxidation sites excluding steroid dienone is 1. The summed E-state index contributed by atoms with van der Waals surface area (Å²) >= 11 is 0. The number of benzene rings is 5. The van der Waals surface area contributed by atoms with Gasteiger partial charge in [-0.2, -0.15) is 0 Å². The average molecular weight is 898 g/mol. The van der Waals surface area contributed by atoms with Crippen molar-refractivity contribution < 1.29 is 43.4 Å². The fraction of sp³-hybridized carbons (Fsp3) is 0.358. The van der Waals surface area contributed by atoms with Crippen molar-refractivity contribution in [1.82, 2.24) is 4.90 Å². The van der Waals surface area contributed by atoms with Crippen molar-refractivity contribution in [2.24, 2.45) is 22.9 Å². The van der Waals surface area contributed by atoms with Crippen LogP contribution in [0.2, 0.25) is 0 Å². The number of halogens is 1. The Balaban J connectivity index is 1.28. The Kier molecular flexibility index (Phi) is 14.6. The summed E-state index contributed by atoms with van der Waals surface area (Å²) in [6.45, 7) is 4.26. The zero-order valence-electron chi connectivity index (χ0n) is 37.1. The molecule has 2 aliphatic carbocycles. The number of hydrogen-bond donors (Lipinski definition) is 2. The van der Waals surface area contributed by atoms with Gasteiger partial charge in [-0.1, -0.05) is 78.7 Å². The lowest BCUT2D eigenvalue weighted by molar-refractivity contribution is -0.384. The monoisotopic (exact) mass is 897 g/mol. The summed E-state index contributed by atoms with van der Waals surface area (Å²) in [7, 11) is 1.76. The highest BCUT2D eigenvalue weighted by atomic mass is 19.1. The Bertz CT molecular complexity index is 2600.